The minimum absolute atomic E-state index is 0.00599. The number of carbonyl (C=O) groups excluding carboxylic acids is 2. The lowest BCUT2D eigenvalue weighted by Gasteiger charge is -2.17. The second kappa shape index (κ2) is 6.52. The Balaban J connectivity index is 1.72. The van der Waals surface area contributed by atoms with Crippen LogP contribution < -0.4 is 4.90 Å². The van der Waals surface area contributed by atoms with Crippen molar-refractivity contribution < 1.29 is 18.8 Å². The molecule has 6 heteroatoms. The Kier molecular flexibility index (Phi) is 4.18. The van der Waals surface area contributed by atoms with Crippen molar-refractivity contribution in [2.75, 3.05) is 11.5 Å². The van der Waals surface area contributed by atoms with E-state index in [9.17, 15) is 14.0 Å². The van der Waals surface area contributed by atoms with Gasteiger partial charge < -0.3 is 4.84 Å². The molecule has 0 bridgehead atoms. The molecule has 0 spiro atoms. The van der Waals surface area contributed by atoms with E-state index in [1.807, 2.05) is 0 Å². The molecule has 4 rings (SSSR count). The monoisotopic (exact) mass is 354 g/mol. The molecule has 0 radical (unpaired) electrons. The fourth-order valence-corrected chi connectivity index (χ4v) is 3.86. The molecule has 26 heavy (non-hydrogen) atoms. The first kappa shape index (κ1) is 16.7. The highest BCUT2D eigenvalue weighted by Gasteiger charge is 2.41. The summed E-state index contributed by atoms with van der Waals surface area (Å²) in [6.07, 6.45) is 5.82. The average Bonchev–Trinajstić information content (AvgIpc) is 3.14. The van der Waals surface area contributed by atoms with Crippen LogP contribution in [0.3, 0.4) is 0 Å². The van der Waals surface area contributed by atoms with Gasteiger partial charge in [-0.1, -0.05) is 17.8 Å². The third kappa shape index (κ3) is 2.57. The lowest BCUT2D eigenvalue weighted by atomic mass is 9.93. The van der Waals surface area contributed by atoms with Crippen molar-refractivity contribution in [1.29, 1.82) is 0 Å². The number of hydrogen-bond donors (Lipinski definition) is 0. The van der Waals surface area contributed by atoms with Crippen LogP contribution in [0, 0.1) is 5.82 Å². The first-order valence-corrected chi connectivity index (χ1v) is 8.85. The number of halogens is 1. The minimum Gasteiger partial charge on any atom is -0.391 e. The molecule has 1 aromatic carbocycles. The maximum atomic E-state index is 14.7. The lowest BCUT2D eigenvalue weighted by molar-refractivity contribution is -0.120. The Morgan fingerprint density at radius 2 is 1.81 bits per heavy atom. The number of amides is 2. The molecule has 0 saturated heterocycles. The van der Waals surface area contributed by atoms with E-state index in [0.29, 0.717) is 42.5 Å². The SMILES string of the molecule is C=CCON=C1CCc2cc(F)c(N3C(=O)C4=C(CCCC4)C3=O)cc21. The molecule has 1 heterocycles. The number of imide groups is 1. The number of carbonyl (C=O) groups is 2. The largest absolute Gasteiger partial charge is 0.391 e. The van der Waals surface area contributed by atoms with Gasteiger partial charge in [-0.05, 0) is 56.2 Å². The quantitative estimate of drug-likeness (QED) is 0.360. The molecule has 134 valence electrons. The molecule has 0 atom stereocenters. The van der Waals surface area contributed by atoms with Crippen molar-refractivity contribution in [2.24, 2.45) is 5.16 Å². The Bertz CT molecular complexity index is 857. The molecule has 0 saturated carbocycles. The second-order valence-electron chi connectivity index (χ2n) is 6.69. The van der Waals surface area contributed by atoms with Gasteiger partial charge in [-0.25, -0.2) is 9.29 Å². The van der Waals surface area contributed by atoms with Gasteiger partial charge in [-0.3, -0.25) is 9.59 Å². The predicted molar refractivity (Wildman–Crippen MR) is 95.4 cm³/mol. The highest BCUT2D eigenvalue weighted by Crippen LogP contribution is 2.38. The molecular formula is C20H19FN2O3. The molecule has 0 N–H and O–H groups in total. The number of anilines is 1. The Hall–Kier alpha value is -2.76. The van der Waals surface area contributed by atoms with E-state index in [0.717, 1.165) is 28.9 Å². The van der Waals surface area contributed by atoms with E-state index < -0.39 is 5.82 Å². The molecule has 1 aromatic rings. The zero-order valence-electron chi connectivity index (χ0n) is 14.4. The van der Waals surface area contributed by atoms with Gasteiger partial charge >= 0.3 is 0 Å². The number of oxime groups is 1. The normalized spacial score (nSPS) is 20.7. The van der Waals surface area contributed by atoms with E-state index in [-0.39, 0.29) is 24.1 Å². The summed E-state index contributed by atoms with van der Waals surface area (Å²) in [6, 6.07) is 2.96. The van der Waals surface area contributed by atoms with Crippen LogP contribution in [0.1, 0.15) is 43.2 Å². The molecule has 0 unspecified atom stereocenters. The lowest BCUT2D eigenvalue weighted by Crippen LogP contribution is -2.32. The summed E-state index contributed by atoms with van der Waals surface area (Å²) in [4.78, 5) is 31.6. The van der Waals surface area contributed by atoms with Crippen LogP contribution in [0.4, 0.5) is 10.1 Å². The zero-order chi connectivity index (χ0) is 18.3. The van der Waals surface area contributed by atoms with Crippen LogP contribution in [-0.2, 0) is 20.8 Å². The summed E-state index contributed by atoms with van der Waals surface area (Å²) in [5.74, 6) is -1.33. The van der Waals surface area contributed by atoms with Crippen LogP contribution in [0.25, 0.3) is 0 Å². The van der Waals surface area contributed by atoms with Gasteiger partial charge in [0, 0.05) is 16.7 Å². The van der Waals surface area contributed by atoms with E-state index in [2.05, 4.69) is 11.7 Å². The zero-order valence-corrected chi connectivity index (χ0v) is 14.4. The summed E-state index contributed by atoms with van der Waals surface area (Å²) >= 11 is 0. The fourth-order valence-electron chi connectivity index (χ4n) is 3.86. The third-order valence-electron chi connectivity index (χ3n) is 5.11. The maximum Gasteiger partial charge on any atom is 0.261 e. The molecular weight excluding hydrogens is 335 g/mol. The van der Waals surface area contributed by atoms with Crippen molar-refractivity contribution in [3.05, 3.63) is 52.9 Å². The van der Waals surface area contributed by atoms with Crippen molar-refractivity contribution in [3.8, 4) is 0 Å². The van der Waals surface area contributed by atoms with Crippen molar-refractivity contribution in [2.45, 2.75) is 38.5 Å². The molecule has 1 aliphatic heterocycles. The predicted octanol–water partition coefficient (Wildman–Crippen LogP) is 3.42. The number of aryl methyl sites for hydroxylation is 1. The Morgan fingerprint density at radius 1 is 1.12 bits per heavy atom. The topological polar surface area (TPSA) is 59.0 Å². The van der Waals surface area contributed by atoms with E-state index in [1.165, 1.54) is 6.07 Å². The minimum atomic E-state index is -0.557. The van der Waals surface area contributed by atoms with Gasteiger partial charge in [-0.2, -0.15) is 0 Å². The van der Waals surface area contributed by atoms with Gasteiger partial charge in [0.25, 0.3) is 11.8 Å². The first-order valence-electron chi connectivity index (χ1n) is 8.85. The first-order chi connectivity index (χ1) is 12.6. The third-order valence-corrected chi connectivity index (χ3v) is 5.11. The molecule has 2 aliphatic carbocycles. The van der Waals surface area contributed by atoms with Crippen LogP contribution in [-0.4, -0.2) is 24.1 Å². The van der Waals surface area contributed by atoms with E-state index in [1.54, 1.807) is 12.1 Å². The Labute approximate surface area is 150 Å². The van der Waals surface area contributed by atoms with Gasteiger partial charge in [0.05, 0.1) is 11.4 Å². The van der Waals surface area contributed by atoms with Gasteiger partial charge in [0.2, 0.25) is 0 Å². The second-order valence-corrected chi connectivity index (χ2v) is 6.69. The smallest absolute Gasteiger partial charge is 0.261 e. The van der Waals surface area contributed by atoms with Crippen molar-refractivity contribution in [3.63, 3.8) is 0 Å². The van der Waals surface area contributed by atoms with Crippen LogP contribution >= 0.6 is 0 Å². The summed E-state index contributed by atoms with van der Waals surface area (Å²) in [6.45, 7) is 3.85. The molecule has 0 aromatic heterocycles. The van der Waals surface area contributed by atoms with Gasteiger partial charge in [0.15, 0.2) is 0 Å². The molecule has 3 aliphatic rings. The van der Waals surface area contributed by atoms with Crippen LogP contribution in [0.15, 0.2) is 41.1 Å². The van der Waals surface area contributed by atoms with Crippen LogP contribution in [0.5, 0.6) is 0 Å². The van der Waals surface area contributed by atoms with Crippen molar-refractivity contribution in [1.82, 2.24) is 0 Å². The number of hydrogen-bond acceptors (Lipinski definition) is 4. The van der Waals surface area contributed by atoms with Gasteiger partial charge in [0.1, 0.15) is 12.4 Å². The average molecular weight is 354 g/mol. The highest BCUT2D eigenvalue weighted by molar-refractivity contribution is 6.33. The van der Waals surface area contributed by atoms with E-state index >= 15 is 0 Å². The van der Waals surface area contributed by atoms with E-state index in [4.69, 9.17) is 4.84 Å². The van der Waals surface area contributed by atoms with Crippen molar-refractivity contribution >= 4 is 23.2 Å². The number of benzene rings is 1. The maximum absolute atomic E-state index is 14.7. The Morgan fingerprint density at radius 3 is 2.46 bits per heavy atom. The summed E-state index contributed by atoms with van der Waals surface area (Å²) < 4.78 is 14.7. The molecule has 2 amide bonds. The standard InChI is InChI=1S/C20H19FN2O3/c1-2-9-26-22-17-8-7-12-10-16(21)18(11-15(12)17)23-19(24)13-5-3-4-6-14(13)20(23)25/h2,10-11H,1,3-9H2. The van der Waals surface area contributed by atoms with Gasteiger partial charge in [-0.15, -0.1) is 0 Å². The summed E-state index contributed by atoms with van der Waals surface area (Å²) in [5, 5.41) is 4.09. The summed E-state index contributed by atoms with van der Waals surface area (Å²) in [7, 11) is 0. The molecule has 5 nitrogen and oxygen atoms in total. The number of nitrogens with zero attached hydrogens (tertiary/aromatic N) is 2. The van der Waals surface area contributed by atoms with Crippen LogP contribution in [0.2, 0.25) is 0 Å². The fraction of sp³-hybridized carbons (Fsp3) is 0.350. The highest BCUT2D eigenvalue weighted by atomic mass is 19.1. The molecule has 0 fully saturated rings. The number of rotatable bonds is 4. The summed E-state index contributed by atoms with van der Waals surface area (Å²) in [5.41, 5.74) is 3.33. The number of fused-ring (bicyclic) bond motifs is 1.